The molecule has 1 aromatic heterocycles. The van der Waals surface area contributed by atoms with E-state index in [1.54, 1.807) is 0 Å². The Morgan fingerprint density at radius 2 is 1.95 bits per heavy atom. The maximum Gasteiger partial charge on any atom is 0.127 e. The number of halogens is 1. The number of ether oxygens (including phenoxy) is 1. The van der Waals surface area contributed by atoms with Gasteiger partial charge in [0, 0.05) is 24.5 Å². The van der Waals surface area contributed by atoms with Crippen molar-refractivity contribution in [1.29, 1.82) is 0 Å². The third-order valence-electron chi connectivity index (χ3n) is 3.70. The van der Waals surface area contributed by atoms with Crippen molar-refractivity contribution in [3.05, 3.63) is 36.4 Å². The lowest BCUT2D eigenvalue weighted by Gasteiger charge is -2.36. The van der Waals surface area contributed by atoms with E-state index in [0.29, 0.717) is 5.88 Å². The molecular weight excluding hydrogens is 260 g/mol. The normalized spacial score (nSPS) is 18.4. The third-order valence-corrected chi connectivity index (χ3v) is 4.21. The van der Waals surface area contributed by atoms with Crippen molar-refractivity contribution in [2.75, 3.05) is 24.4 Å². The molecule has 1 aromatic carbocycles. The molecule has 2 heterocycles. The second kappa shape index (κ2) is 5.35. The molecule has 0 spiro atoms. The molecule has 2 aromatic rings. The molecule has 4 heteroatoms. The van der Waals surface area contributed by atoms with E-state index >= 15 is 0 Å². The quantitative estimate of drug-likeness (QED) is 0.872. The van der Waals surface area contributed by atoms with Crippen LogP contribution in [-0.2, 0) is 4.74 Å². The minimum absolute atomic E-state index is 0.0880. The van der Waals surface area contributed by atoms with Crippen LogP contribution in [0.2, 0.25) is 0 Å². The molecule has 1 N–H and O–H groups in total. The van der Waals surface area contributed by atoms with Crippen molar-refractivity contribution in [2.24, 2.45) is 0 Å². The number of para-hydroxylation sites is 1. The molecule has 3 nitrogen and oxygen atoms in total. The minimum Gasteiger partial charge on any atom is -0.381 e. The zero-order valence-corrected chi connectivity index (χ0v) is 11.5. The first-order valence-corrected chi connectivity index (χ1v) is 7.13. The van der Waals surface area contributed by atoms with E-state index in [1.165, 1.54) is 0 Å². The number of fused-ring (bicyclic) bond motifs is 1. The molecule has 100 valence electrons. The number of hydrogen-bond donors (Lipinski definition) is 1. The smallest absolute Gasteiger partial charge is 0.127 e. The largest absolute Gasteiger partial charge is 0.381 e. The van der Waals surface area contributed by atoms with Gasteiger partial charge in [-0.2, -0.15) is 0 Å². The summed E-state index contributed by atoms with van der Waals surface area (Å²) in [6, 6.07) is 12.2. The van der Waals surface area contributed by atoms with Crippen LogP contribution in [-0.4, -0.2) is 29.6 Å². The Kier molecular flexibility index (Phi) is 3.58. The molecule has 1 aliphatic rings. The van der Waals surface area contributed by atoms with Crippen LogP contribution in [0.4, 0.5) is 5.82 Å². The number of benzene rings is 1. The van der Waals surface area contributed by atoms with Crippen LogP contribution in [0.5, 0.6) is 0 Å². The van der Waals surface area contributed by atoms with Crippen LogP contribution in [0.25, 0.3) is 10.9 Å². The average Bonchev–Trinajstić information content (AvgIpc) is 2.48. The van der Waals surface area contributed by atoms with Crippen molar-refractivity contribution in [3.8, 4) is 0 Å². The Hall–Kier alpha value is -1.32. The number of nitrogens with one attached hydrogen (secondary N) is 1. The van der Waals surface area contributed by atoms with Gasteiger partial charge in [0.1, 0.15) is 5.82 Å². The highest BCUT2D eigenvalue weighted by molar-refractivity contribution is 6.18. The molecule has 0 atom stereocenters. The molecule has 1 aliphatic heterocycles. The molecule has 0 bridgehead atoms. The van der Waals surface area contributed by atoms with E-state index in [0.717, 1.165) is 42.8 Å². The van der Waals surface area contributed by atoms with Crippen molar-refractivity contribution in [1.82, 2.24) is 4.98 Å². The van der Waals surface area contributed by atoms with Crippen LogP contribution in [0.15, 0.2) is 36.4 Å². The average molecular weight is 277 g/mol. The van der Waals surface area contributed by atoms with Crippen molar-refractivity contribution in [2.45, 2.75) is 18.4 Å². The van der Waals surface area contributed by atoms with Crippen molar-refractivity contribution >= 4 is 28.3 Å². The summed E-state index contributed by atoms with van der Waals surface area (Å²) in [6.45, 7) is 1.51. The zero-order chi connectivity index (χ0) is 13.1. The van der Waals surface area contributed by atoms with Gasteiger partial charge in [-0.05, 0) is 31.0 Å². The van der Waals surface area contributed by atoms with E-state index in [4.69, 9.17) is 16.3 Å². The van der Waals surface area contributed by atoms with Gasteiger partial charge in [0.05, 0.1) is 11.1 Å². The number of pyridine rings is 1. The Bertz CT molecular complexity index is 567. The molecule has 1 fully saturated rings. The first kappa shape index (κ1) is 12.7. The molecule has 19 heavy (non-hydrogen) atoms. The molecular formula is C15H17ClN2O. The Morgan fingerprint density at radius 1 is 1.16 bits per heavy atom. The summed E-state index contributed by atoms with van der Waals surface area (Å²) < 4.78 is 5.42. The number of nitrogens with zero attached hydrogens (tertiary/aromatic N) is 1. The zero-order valence-electron chi connectivity index (χ0n) is 10.7. The standard InChI is InChI=1S/C15H17ClN2O/c16-11-15(7-9-19-10-8-15)18-14-6-5-12-3-1-2-4-13(12)17-14/h1-6H,7-11H2,(H,17,18). The summed E-state index contributed by atoms with van der Waals surface area (Å²) in [7, 11) is 0. The van der Waals surface area contributed by atoms with Crippen molar-refractivity contribution < 1.29 is 4.74 Å². The fraction of sp³-hybridized carbons (Fsp3) is 0.400. The van der Waals surface area contributed by atoms with Gasteiger partial charge in [-0.25, -0.2) is 4.98 Å². The fourth-order valence-electron chi connectivity index (χ4n) is 2.46. The maximum atomic E-state index is 6.16. The van der Waals surface area contributed by atoms with Crippen LogP contribution in [0, 0.1) is 0 Å². The van der Waals surface area contributed by atoms with Gasteiger partial charge >= 0.3 is 0 Å². The monoisotopic (exact) mass is 276 g/mol. The van der Waals surface area contributed by atoms with Crippen LogP contribution in [0.3, 0.4) is 0 Å². The van der Waals surface area contributed by atoms with E-state index in [-0.39, 0.29) is 5.54 Å². The van der Waals surface area contributed by atoms with Gasteiger partial charge < -0.3 is 10.1 Å². The fourth-order valence-corrected chi connectivity index (χ4v) is 2.80. The summed E-state index contributed by atoms with van der Waals surface area (Å²) >= 11 is 6.16. The molecule has 1 saturated heterocycles. The highest BCUT2D eigenvalue weighted by Gasteiger charge is 2.31. The van der Waals surface area contributed by atoms with Gasteiger partial charge in [-0.1, -0.05) is 18.2 Å². The van der Waals surface area contributed by atoms with Crippen LogP contribution < -0.4 is 5.32 Å². The number of hydrogen-bond acceptors (Lipinski definition) is 3. The first-order valence-electron chi connectivity index (χ1n) is 6.59. The SMILES string of the molecule is ClCC1(Nc2ccc3ccccc3n2)CCOCC1. The van der Waals surface area contributed by atoms with Crippen molar-refractivity contribution in [3.63, 3.8) is 0 Å². The van der Waals surface area contributed by atoms with Gasteiger partial charge in [-0.3, -0.25) is 0 Å². The van der Waals surface area contributed by atoms with Gasteiger partial charge in [0.25, 0.3) is 0 Å². The maximum absolute atomic E-state index is 6.16. The topological polar surface area (TPSA) is 34.2 Å². The lowest BCUT2D eigenvalue weighted by molar-refractivity contribution is 0.0667. The highest BCUT2D eigenvalue weighted by atomic mass is 35.5. The summed E-state index contributed by atoms with van der Waals surface area (Å²) in [5, 5.41) is 4.67. The molecule has 0 radical (unpaired) electrons. The molecule has 3 rings (SSSR count). The Balaban J connectivity index is 1.87. The molecule has 0 aliphatic carbocycles. The summed E-state index contributed by atoms with van der Waals surface area (Å²) in [5.74, 6) is 1.46. The third kappa shape index (κ3) is 2.67. The lowest BCUT2D eigenvalue weighted by atomic mass is 9.92. The predicted octanol–water partition coefficient (Wildman–Crippen LogP) is 3.43. The predicted molar refractivity (Wildman–Crippen MR) is 78.9 cm³/mol. The Morgan fingerprint density at radius 3 is 2.74 bits per heavy atom. The summed E-state index contributed by atoms with van der Waals surface area (Å²) in [5.41, 5.74) is 0.916. The Labute approximate surface area is 117 Å². The number of alkyl halides is 1. The van der Waals surface area contributed by atoms with E-state index in [9.17, 15) is 0 Å². The molecule has 0 amide bonds. The second-order valence-electron chi connectivity index (χ2n) is 5.04. The molecule has 0 saturated carbocycles. The van der Waals surface area contributed by atoms with E-state index in [2.05, 4.69) is 22.4 Å². The van der Waals surface area contributed by atoms with E-state index < -0.39 is 0 Å². The van der Waals surface area contributed by atoms with Gasteiger partial charge in [0.2, 0.25) is 0 Å². The lowest BCUT2D eigenvalue weighted by Crippen LogP contribution is -2.45. The van der Waals surface area contributed by atoms with Gasteiger partial charge in [-0.15, -0.1) is 11.6 Å². The minimum atomic E-state index is -0.0880. The van der Waals surface area contributed by atoms with Crippen LogP contribution >= 0.6 is 11.6 Å². The summed E-state index contributed by atoms with van der Waals surface area (Å²) in [4.78, 5) is 4.65. The van der Waals surface area contributed by atoms with Gasteiger partial charge in [0.15, 0.2) is 0 Å². The summed E-state index contributed by atoms with van der Waals surface area (Å²) in [6.07, 6.45) is 1.84. The van der Waals surface area contributed by atoms with Crippen LogP contribution in [0.1, 0.15) is 12.8 Å². The first-order chi connectivity index (χ1) is 9.31. The highest BCUT2D eigenvalue weighted by Crippen LogP contribution is 2.27. The second-order valence-corrected chi connectivity index (χ2v) is 5.31. The number of rotatable bonds is 3. The number of aromatic nitrogens is 1. The van der Waals surface area contributed by atoms with E-state index in [1.807, 2.05) is 24.3 Å². The number of anilines is 1. The molecule has 0 unspecified atom stereocenters.